The molecule has 1 aromatic heterocycles. The van der Waals surface area contributed by atoms with Gasteiger partial charge in [-0.2, -0.15) is 0 Å². The molecule has 0 saturated carbocycles. The van der Waals surface area contributed by atoms with E-state index < -0.39 is 0 Å². The fourth-order valence-corrected chi connectivity index (χ4v) is 3.49. The Kier molecular flexibility index (Phi) is 5.96. The van der Waals surface area contributed by atoms with E-state index in [1.807, 2.05) is 18.2 Å². The lowest BCUT2D eigenvalue weighted by Gasteiger charge is -2.26. The van der Waals surface area contributed by atoms with Gasteiger partial charge in [0.25, 0.3) is 0 Å². The van der Waals surface area contributed by atoms with Gasteiger partial charge in [-0.3, -0.25) is 9.69 Å². The van der Waals surface area contributed by atoms with E-state index >= 15 is 0 Å². The summed E-state index contributed by atoms with van der Waals surface area (Å²) in [6.45, 7) is 1.12. The van der Waals surface area contributed by atoms with Crippen LogP contribution in [-0.2, 0) is 4.79 Å². The van der Waals surface area contributed by atoms with E-state index in [2.05, 4.69) is 15.2 Å². The smallest absolute Gasteiger partial charge is 0.238 e. The monoisotopic (exact) mass is 375 g/mol. The summed E-state index contributed by atoms with van der Waals surface area (Å²) in [5, 5.41) is 3.11. The highest BCUT2D eigenvalue weighted by atomic mass is 35.5. The summed E-state index contributed by atoms with van der Waals surface area (Å²) in [6, 6.07) is 9.34. The number of hydrogen-bond donors (Lipinski definition) is 1. The van der Waals surface area contributed by atoms with Gasteiger partial charge in [0.05, 0.1) is 26.5 Å². The van der Waals surface area contributed by atoms with Crippen LogP contribution in [0.25, 0.3) is 0 Å². The fourth-order valence-electron chi connectivity index (χ4n) is 3.32. The molecule has 1 fully saturated rings. The maximum absolute atomic E-state index is 12.5. The van der Waals surface area contributed by atoms with Crippen LogP contribution in [0.1, 0.15) is 24.4 Å². The van der Waals surface area contributed by atoms with Gasteiger partial charge in [0.2, 0.25) is 5.91 Å². The first kappa shape index (κ1) is 18.5. The Morgan fingerprint density at radius 2 is 2.19 bits per heavy atom. The molecule has 1 aromatic carbocycles. The van der Waals surface area contributed by atoms with Gasteiger partial charge in [-0.05, 0) is 49.7 Å². The van der Waals surface area contributed by atoms with E-state index in [-0.39, 0.29) is 23.6 Å². The van der Waals surface area contributed by atoms with E-state index in [9.17, 15) is 4.79 Å². The maximum atomic E-state index is 12.5. The standard InChI is InChI=1S/C19H22ClN3O3/c1-25-13-7-8-17(26-2)14(11-13)16-6-4-10-23(16)12-18(24)22-15-5-3-9-21-19(15)20/h3,5,7-9,11,16H,4,6,10,12H2,1-2H3,(H,22,24)/t16-/m1/s1. The van der Waals surface area contributed by atoms with E-state index in [0.29, 0.717) is 5.69 Å². The number of carbonyl (C=O) groups is 1. The molecule has 1 amide bonds. The van der Waals surface area contributed by atoms with Crippen molar-refractivity contribution in [3.63, 3.8) is 0 Å². The highest BCUT2D eigenvalue weighted by molar-refractivity contribution is 6.32. The first-order chi connectivity index (χ1) is 12.6. The number of nitrogens with zero attached hydrogens (tertiary/aromatic N) is 2. The molecule has 26 heavy (non-hydrogen) atoms. The number of amides is 1. The minimum Gasteiger partial charge on any atom is -0.497 e. The molecule has 2 aromatic rings. The van der Waals surface area contributed by atoms with Crippen LogP contribution in [0.2, 0.25) is 5.15 Å². The molecule has 0 bridgehead atoms. The summed E-state index contributed by atoms with van der Waals surface area (Å²) in [4.78, 5) is 18.6. The maximum Gasteiger partial charge on any atom is 0.238 e. The molecule has 0 unspecified atom stereocenters. The minimum absolute atomic E-state index is 0.107. The SMILES string of the molecule is COc1ccc(OC)c([C@H]2CCCN2CC(=O)Nc2cccnc2Cl)c1. The number of methoxy groups -OCH3 is 2. The van der Waals surface area contributed by atoms with Crippen molar-refractivity contribution in [3.8, 4) is 11.5 Å². The lowest BCUT2D eigenvalue weighted by molar-refractivity contribution is -0.117. The van der Waals surface area contributed by atoms with Crippen molar-refractivity contribution in [1.29, 1.82) is 0 Å². The third-order valence-corrected chi connectivity index (χ3v) is 4.84. The molecule has 6 nitrogen and oxygen atoms in total. The predicted octanol–water partition coefficient (Wildman–Crippen LogP) is 3.53. The largest absolute Gasteiger partial charge is 0.497 e. The average Bonchev–Trinajstić information content (AvgIpc) is 3.10. The quantitative estimate of drug-likeness (QED) is 0.782. The first-order valence-electron chi connectivity index (χ1n) is 8.48. The number of carbonyl (C=O) groups excluding carboxylic acids is 1. The molecule has 1 aliphatic rings. The van der Waals surface area contributed by atoms with Crippen molar-refractivity contribution in [2.45, 2.75) is 18.9 Å². The molecule has 1 atom stereocenters. The van der Waals surface area contributed by atoms with Gasteiger partial charge in [-0.25, -0.2) is 4.98 Å². The number of nitrogens with one attached hydrogen (secondary N) is 1. The molecule has 3 rings (SSSR count). The van der Waals surface area contributed by atoms with E-state index in [4.69, 9.17) is 21.1 Å². The Morgan fingerprint density at radius 1 is 1.35 bits per heavy atom. The molecule has 1 N–H and O–H groups in total. The van der Waals surface area contributed by atoms with Crippen molar-refractivity contribution in [1.82, 2.24) is 9.88 Å². The number of anilines is 1. The van der Waals surface area contributed by atoms with Crippen LogP contribution in [0, 0.1) is 0 Å². The Hall–Kier alpha value is -2.31. The summed E-state index contributed by atoms with van der Waals surface area (Å²) < 4.78 is 10.9. The molecule has 1 aliphatic heterocycles. The number of hydrogen-bond acceptors (Lipinski definition) is 5. The normalized spacial score (nSPS) is 17.1. The number of benzene rings is 1. The van der Waals surface area contributed by atoms with Crippen molar-refractivity contribution >= 4 is 23.2 Å². The predicted molar refractivity (Wildman–Crippen MR) is 101 cm³/mol. The minimum atomic E-state index is -0.117. The Labute approximate surface area is 158 Å². The van der Waals surface area contributed by atoms with Crippen LogP contribution < -0.4 is 14.8 Å². The van der Waals surface area contributed by atoms with Crippen molar-refractivity contribution < 1.29 is 14.3 Å². The average molecular weight is 376 g/mol. The number of aromatic nitrogens is 1. The second kappa shape index (κ2) is 8.38. The Morgan fingerprint density at radius 3 is 2.92 bits per heavy atom. The summed E-state index contributed by atoms with van der Waals surface area (Å²) in [6.07, 6.45) is 3.57. The van der Waals surface area contributed by atoms with Gasteiger partial charge in [0, 0.05) is 17.8 Å². The van der Waals surface area contributed by atoms with Crippen LogP contribution in [0.5, 0.6) is 11.5 Å². The van der Waals surface area contributed by atoms with Gasteiger partial charge in [-0.1, -0.05) is 11.6 Å². The molecule has 0 aliphatic carbocycles. The van der Waals surface area contributed by atoms with Crippen molar-refractivity contribution in [3.05, 3.63) is 47.2 Å². The number of halogens is 1. The zero-order valence-electron chi connectivity index (χ0n) is 14.9. The van der Waals surface area contributed by atoms with Crippen LogP contribution >= 0.6 is 11.6 Å². The highest BCUT2D eigenvalue weighted by Gasteiger charge is 2.30. The fraction of sp³-hybridized carbons (Fsp3) is 0.368. The Balaban J connectivity index is 1.74. The molecule has 138 valence electrons. The van der Waals surface area contributed by atoms with Gasteiger partial charge in [0.1, 0.15) is 11.5 Å². The number of rotatable bonds is 6. The number of pyridine rings is 1. The van der Waals surface area contributed by atoms with Crippen molar-refractivity contribution in [2.24, 2.45) is 0 Å². The Bertz CT molecular complexity index is 784. The van der Waals surface area contributed by atoms with Gasteiger partial charge >= 0.3 is 0 Å². The zero-order chi connectivity index (χ0) is 18.5. The third-order valence-electron chi connectivity index (χ3n) is 4.54. The third kappa shape index (κ3) is 4.08. The summed E-state index contributed by atoms with van der Waals surface area (Å²) >= 11 is 6.01. The second-order valence-electron chi connectivity index (χ2n) is 6.13. The van der Waals surface area contributed by atoms with Gasteiger partial charge < -0.3 is 14.8 Å². The van der Waals surface area contributed by atoms with Crippen LogP contribution in [0.15, 0.2) is 36.5 Å². The molecule has 2 heterocycles. The van der Waals surface area contributed by atoms with E-state index in [1.165, 1.54) is 0 Å². The van der Waals surface area contributed by atoms with Gasteiger partial charge in [-0.15, -0.1) is 0 Å². The topological polar surface area (TPSA) is 63.7 Å². The molecular weight excluding hydrogens is 354 g/mol. The second-order valence-corrected chi connectivity index (χ2v) is 6.48. The van der Waals surface area contributed by atoms with E-state index in [1.54, 1.807) is 32.5 Å². The van der Waals surface area contributed by atoms with Crippen LogP contribution in [0.3, 0.4) is 0 Å². The lowest BCUT2D eigenvalue weighted by Crippen LogP contribution is -2.33. The van der Waals surface area contributed by atoms with E-state index in [0.717, 1.165) is 36.4 Å². The summed E-state index contributed by atoms with van der Waals surface area (Å²) in [5.41, 5.74) is 1.56. The number of ether oxygens (including phenoxy) is 2. The molecule has 7 heteroatoms. The molecule has 0 spiro atoms. The molecular formula is C19H22ClN3O3. The highest BCUT2D eigenvalue weighted by Crippen LogP contribution is 2.38. The summed E-state index contributed by atoms with van der Waals surface area (Å²) in [7, 11) is 3.30. The number of likely N-dealkylation sites (tertiary alicyclic amines) is 1. The van der Waals surface area contributed by atoms with Crippen LogP contribution in [-0.4, -0.2) is 43.1 Å². The lowest BCUT2D eigenvalue weighted by atomic mass is 10.0. The van der Waals surface area contributed by atoms with Crippen LogP contribution in [0.4, 0.5) is 5.69 Å². The molecule has 0 radical (unpaired) electrons. The molecule has 1 saturated heterocycles. The summed E-state index contributed by atoms with van der Waals surface area (Å²) in [5.74, 6) is 1.46. The van der Waals surface area contributed by atoms with Gasteiger partial charge in [0.15, 0.2) is 5.15 Å². The first-order valence-corrected chi connectivity index (χ1v) is 8.86. The van der Waals surface area contributed by atoms with Crippen molar-refractivity contribution in [2.75, 3.05) is 32.6 Å². The zero-order valence-corrected chi connectivity index (χ0v) is 15.6.